The minimum absolute atomic E-state index is 0.0284. The molecule has 1 saturated heterocycles. The summed E-state index contributed by atoms with van der Waals surface area (Å²) in [5, 5.41) is 0. The van der Waals surface area contributed by atoms with Crippen molar-refractivity contribution < 1.29 is 13.9 Å². The Bertz CT molecular complexity index is 344. The largest absolute Gasteiger partial charge is 0.489 e. The standard InChI is InChI=1S/C11H12FNO2.C2H6.CH5N/c12-9-1-3-10(4-2-9)15-11-5-6-13(7-11)8-14;2*1-2/h1-4,8,11H,5-7H2;1-2H3;2H2,1H3. The summed E-state index contributed by atoms with van der Waals surface area (Å²) in [6.45, 7) is 5.34. The maximum Gasteiger partial charge on any atom is 0.209 e. The lowest BCUT2D eigenvalue weighted by molar-refractivity contribution is -0.117. The maximum atomic E-state index is 12.6. The summed E-state index contributed by atoms with van der Waals surface area (Å²) in [6.07, 6.45) is 1.69. The van der Waals surface area contributed by atoms with Crippen molar-refractivity contribution in [3.63, 3.8) is 0 Å². The van der Waals surface area contributed by atoms with Crippen molar-refractivity contribution in [1.29, 1.82) is 0 Å². The van der Waals surface area contributed by atoms with Gasteiger partial charge in [0.1, 0.15) is 17.7 Å². The average Bonchev–Trinajstić information content (AvgIpc) is 2.93. The summed E-state index contributed by atoms with van der Waals surface area (Å²) >= 11 is 0. The summed E-state index contributed by atoms with van der Waals surface area (Å²) in [5.74, 6) is 0.373. The van der Waals surface area contributed by atoms with Gasteiger partial charge in [-0.15, -0.1) is 0 Å². The van der Waals surface area contributed by atoms with Gasteiger partial charge in [0.25, 0.3) is 0 Å². The Labute approximate surface area is 114 Å². The summed E-state index contributed by atoms with van der Waals surface area (Å²) in [5.41, 5.74) is 4.50. The van der Waals surface area contributed by atoms with E-state index in [-0.39, 0.29) is 11.9 Å². The monoisotopic (exact) mass is 270 g/mol. The van der Waals surface area contributed by atoms with Crippen LogP contribution in [0.1, 0.15) is 20.3 Å². The Morgan fingerprint density at radius 1 is 1.32 bits per heavy atom. The number of rotatable bonds is 3. The first kappa shape index (κ1) is 17.4. The third-order valence-corrected chi connectivity index (χ3v) is 2.44. The molecule has 1 aromatic carbocycles. The molecule has 19 heavy (non-hydrogen) atoms. The van der Waals surface area contributed by atoms with Gasteiger partial charge < -0.3 is 15.4 Å². The molecule has 0 aromatic heterocycles. The number of halogens is 1. The Hall–Kier alpha value is -1.62. The zero-order valence-corrected chi connectivity index (χ0v) is 11.8. The van der Waals surface area contributed by atoms with E-state index in [9.17, 15) is 9.18 Å². The predicted octanol–water partition coefficient (Wildman–Crippen LogP) is 2.04. The van der Waals surface area contributed by atoms with Crippen LogP contribution in [0.5, 0.6) is 5.75 Å². The van der Waals surface area contributed by atoms with Gasteiger partial charge in [-0.1, -0.05) is 13.8 Å². The summed E-state index contributed by atoms with van der Waals surface area (Å²) in [7, 11) is 1.50. The summed E-state index contributed by atoms with van der Waals surface area (Å²) in [4.78, 5) is 12.1. The highest BCUT2D eigenvalue weighted by atomic mass is 19.1. The highest BCUT2D eigenvalue weighted by Gasteiger charge is 2.22. The first-order valence-electron chi connectivity index (χ1n) is 6.47. The number of nitrogens with zero attached hydrogens (tertiary/aromatic N) is 1. The second-order valence-electron chi connectivity index (χ2n) is 3.58. The highest BCUT2D eigenvalue weighted by Crippen LogP contribution is 2.17. The fraction of sp³-hybridized carbons (Fsp3) is 0.500. The number of likely N-dealkylation sites (tertiary alicyclic amines) is 1. The van der Waals surface area contributed by atoms with Crippen LogP contribution in [0.2, 0.25) is 0 Å². The van der Waals surface area contributed by atoms with Crippen LogP contribution in [0.15, 0.2) is 24.3 Å². The first-order valence-corrected chi connectivity index (χ1v) is 6.47. The smallest absolute Gasteiger partial charge is 0.209 e. The number of amides is 1. The number of carbonyl (C=O) groups is 1. The van der Waals surface area contributed by atoms with Gasteiger partial charge in [-0.2, -0.15) is 0 Å². The summed E-state index contributed by atoms with van der Waals surface area (Å²) in [6, 6.07) is 5.92. The van der Waals surface area contributed by atoms with Crippen LogP contribution in [0.25, 0.3) is 0 Å². The fourth-order valence-electron chi connectivity index (χ4n) is 1.65. The third kappa shape index (κ3) is 6.20. The Morgan fingerprint density at radius 2 is 1.89 bits per heavy atom. The predicted molar refractivity (Wildman–Crippen MR) is 74.5 cm³/mol. The van der Waals surface area contributed by atoms with Crippen LogP contribution in [-0.4, -0.2) is 37.6 Å². The van der Waals surface area contributed by atoms with Crippen molar-refractivity contribution in [3.8, 4) is 5.75 Å². The van der Waals surface area contributed by atoms with Crippen LogP contribution in [0, 0.1) is 5.82 Å². The quantitative estimate of drug-likeness (QED) is 0.855. The van der Waals surface area contributed by atoms with Crippen molar-refractivity contribution in [1.82, 2.24) is 4.90 Å². The number of ether oxygens (including phenoxy) is 1. The lowest BCUT2D eigenvalue weighted by Crippen LogP contribution is -2.23. The molecule has 1 aliphatic rings. The van der Waals surface area contributed by atoms with Crippen LogP contribution >= 0.6 is 0 Å². The molecular formula is C14H23FN2O2. The minimum atomic E-state index is -0.275. The van der Waals surface area contributed by atoms with E-state index in [1.807, 2.05) is 13.8 Å². The molecule has 5 heteroatoms. The zero-order valence-electron chi connectivity index (χ0n) is 11.8. The van der Waals surface area contributed by atoms with Crippen molar-refractivity contribution in [3.05, 3.63) is 30.1 Å². The number of hydrogen-bond donors (Lipinski definition) is 1. The van der Waals surface area contributed by atoms with Crippen LogP contribution in [-0.2, 0) is 4.79 Å². The molecule has 1 unspecified atom stereocenters. The number of hydrogen-bond acceptors (Lipinski definition) is 3. The van der Waals surface area contributed by atoms with Gasteiger partial charge in [0.05, 0.1) is 6.54 Å². The van der Waals surface area contributed by atoms with E-state index in [1.54, 1.807) is 17.0 Å². The third-order valence-electron chi connectivity index (χ3n) is 2.44. The lowest BCUT2D eigenvalue weighted by atomic mass is 10.3. The van der Waals surface area contributed by atoms with E-state index >= 15 is 0 Å². The average molecular weight is 270 g/mol. The number of benzene rings is 1. The SMILES string of the molecule is CC.CN.O=CN1CCC(Oc2ccc(F)cc2)C1. The second-order valence-corrected chi connectivity index (χ2v) is 3.58. The van der Waals surface area contributed by atoms with Crippen molar-refractivity contribution in [2.75, 3.05) is 20.1 Å². The van der Waals surface area contributed by atoms with Gasteiger partial charge in [-0.25, -0.2) is 4.39 Å². The van der Waals surface area contributed by atoms with E-state index in [2.05, 4.69) is 5.73 Å². The van der Waals surface area contributed by atoms with E-state index in [1.165, 1.54) is 19.2 Å². The number of nitrogens with two attached hydrogens (primary N) is 1. The fourth-order valence-corrected chi connectivity index (χ4v) is 1.65. The molecular weight excluding hydrogens is 247 g/mol. The molecule has 1 aliphatic heterocycles. The van der Waals surface area contributed by atoms with Crippen molar-refractivity contribution in [2.24, 2.45) is 5.73 Å². The zero-order chi connectivity index (χ0) is 14.7. The summed E-state index contributed by atoms with van der Waals surface area (Å²) < 4.78 is 18.2. The van der Waals surface area contributed by atoms with Gasteiger partial charge in [-0.3, -0.25) is 4.79 Å². The van der Waals surface area contributed by atoms with Gasteiger partial charge in [0.2, 0.25) is 6.41 Å². The normalized spacial score (nSPS) is 16.7. The molecule has 1 fully saturated rings. The molecule has 1 amide bonds. The van der Waals surface area contributed by atoms with Gasteiger partial charge >= 0.3 is 0 Å². The van der Waals surface area contributed by atoms with Gasteiger partial charge in [0.15, 0.2) is 0 Å². The van der Waals surface area contributed by atoms with Crippen LogP contribution in [0.3, 0.4) is 0 Å². The van der Waals surface area contributed by atoms with Crippen LogP contribution < -0.4 is 10.5 Å². The molecule has 0 aliphatic carbocycles. The topological polar surface area (TPSA) is 55.6 Å². The van der Waals surface area contributed by atoms with Crippen molar-refractivity contribution >= 4 is 6.41 Å². The molecule has 1 aromatic rings. The second kappa shape index (κ2) is 10.3. The lowest BCUT2D eigenvalue weighted by Gasteiger charge is -2.13. The minimum Gasteiger partial charge on any atom is -0.489 e. The van der Waals surface area contributed by atoms with Gasteiger partial charge in [0, 0.05) is 13.0 Å². The van der Waals surface area contributed by atoms with E-state index in [4.69, 9.17) is 4.74 Å². The molecule has 0 spiro atoms. The van der Waals surface area contributed by atoms with Crippen molar-refractivity contribution in [2.45, 2.75) is 26.4 Å². The molecule has 0 bridgehead atoms. The Balaban J connectivity index is 0.000000741. The maximum absolute atomic E-state index is 12.6. The Morgan fingerprint density at radius 3 is 2.37 bits per heavy atom. The Kier molecular flexibility index (Phi) is 9.44. The first-order chi connectivity index (χ1) is 9.28. The molecule has 2 rings (SSSR count). The molecule has 0 radical (unpaired) electrons. The van der Waals surface area contributed by atoms with Crippen LogP contribution in [0.4, 0.5) is 4.39 Å². The molecule has 108 valence electrons. The number of carbonyl (C=O) groups excluding carboxylic acids is 1. The molecule has 1 atom stereocenters. The molecule has 1 heterocycles. The van der Waals surface area contributed by atoms with Gasteiger partial charge in [-0.05, 0) is 31.3 Å². The van der Waals surface area contributed by atoms with E-state index in [0.717, 1.165) is 19.4 Å². The molecule has 4 nitrogen and oxygen atoms in total. The molecule has 2 N–H and O–H groups in total. The molecule has 0 saturated carbocycles. The van der Waals surface area contributed by atoms with E-state index in [0.29, 0.717) is 12.3 Å². The van der Waals surface area contributed by atoms with E-state index < -0.39 is 0 Å². The highest BCUT2D eigenvalue weighted by molar-refractivity contribution is 5.47.